The Balaban J connectivity index is 1.76. The summed E-state index contributed by atoms with van der Waals surface area (Å²) in [6.07, 6.45) is 5.91. The van der Waals surface area contributed by atoms with Crippen molar-refractivity contribution in [3.63, 3.8) is 0 Å². The summed E-state index contributed by atoms with van der Waals surface area (Å²) in [7, 11) is -2.81. The van der Waals surface area contributed by atoms with Crippen LogP contribution < -0.4 is 0 Å². The van der Waals surface area contributed by atoms with Crippen LogP contribution in [-0.4, -0.2) is 29.5 Å². The van der Waals surface area contributed by atoms with Gasteiger partial charge in [0.25, 0.3) is 0 Å². The van der Waals surface area contributed by atoms with Gasteiger partial charge in [-0.05, 0) is 43.4 Å². The summed E-state index contributed by atoms with van der Waals surface area (Å²) < 4.78 is 25.7. The minimum atomic E-state index is -2.81. The van der Waals surface area contributed by atoms with Crippen LogP contribution in [-0.2, 0) is 29.2 Å². The first-order chi connectivity index (χ1) is 9.44. The van der Waals surface area contributed by atoms with Crippen LogP contribution in [0, 0.1) is 17.8 Å². The molecule has 1 aliphatic carbocycles. The van der Waals surface area contributed by atoms with Crippen LogP contribution >= 0.6 is 0 Å². The zero-order chi connectivity index (χ0) is 14.3. The van der Waals surface area contributed by atoms with Crippen molar-refractivity contribution in [2.45, 2.75) is 46.1 Å². The van der Waals surface area contributed by atoms with Crippen molar-refractivity contribution >= 4 is 9.84 Å². The third-order valence-electron chi connectivity index (χ3n) is 5.05. The highest BCUT2D eigenvalue weighted by Gasteiger charge is 2.29. The van der Waals surface area contributed by atoms with Crippen molar-refractivity contribution in [1.82, 2.24) is 9.55 Å². The summed E-state index contributed by atoms with van der Waals surface area (Å²) in [6, 6.07) is 0. The minimum absolute atomic E-state index is 0.265. The fourth-order valence-electron chi connectivity index (χ4n) is 3.56. The van der Waals surface area contributed by atoms with Crippen molar-refractivity contribution in [1.29, 1.82) is 0 Å². The molecule has 0 radical (unpaired) electrons. The van der Waals surface area contributed by atoms with E-state index in [2.05, 4.69) is 23.4 Å². The van der Waals surface area contributed by atoms with Crippen LogP contribution in [0.4, 0.5) is 0 Å². The number of aromatic nitrogens is 2. The lowest BCUT2D eigenvalue weighted by atomic mass is 9.82. The van der Waals surface area contributed by atoms with E-state index in [4.69, 9.17) is 0 Å². The monoisotopic (exact) mass is 296 g/mol. The van der Waals surface area contributed by atoms with E-state index in [0.717, 1.165) is 32.2 Å². The van der Waals surface area contributed by atoms with Gasteiger partial charge >= 0.3 is 0 Å². The molecular weight excluding hydrogens is 272 g/mol. The molecular formula is C15H24N2O2S. The van der Waals surface area contributed by atoms with Crippen molar-refractivity contribution in [3.05, 3.63) is 17.7 Å². The maximum absolute atomic E-state index is 11.7. The lowest BCUT2D eigenvalue weighted by Gasteiger charge is -2.28. The van der Waals surface area contributed by atoms with Gasteiger partial charge in [-0.15, -0.1) is 0 Å². The summed E-state index contributed by atoms with van der Waals surface area (Å²) in [6.45, 7) is 5.42. The van der Waals surface area contributed by atoms with Crippen molar-refractivity contribution in [2.75, 3.05) is 11.5 Å². The molecule has 4 nitrogen and oxygen atoms in total. The van der Waals surface area contributed by atoms with Crippen LogP contribution in [0.2, 0.25) is 0 Å². The summed E-state index contributed by atoms with van der Waals surface area (Å²) in [5.41, 5.74) is 2.58. The number of imidazole rings is 1. The van der Waals surface area contributed by atoms with Crippen molar-refractivity contribution < 1.29 is 8.42 Å². The first-order valence-corrected chi connectivity index (χ1v) is 9.50. The standard InChI is InChI=1S/C15H24N2O2S/c1-11-6-14-15(7-12(11)2)17(10-16-14)8-13-4-3-5-20(18,19)9-13/h10-13H,3-9H2,1-2H3. The number of hydrogen-bond acceptors (Lipinski definition) is 3. The Morgan fingerprint density at radius 3 is 2.80 bits per heavy atom. The van der Waals surface area contributed by atoms with E-state index in [9.17, 15) is 8.42 Å². The molecule has 0 amide bonds. The van der Waals surface area contributed by atoms with E-state index in [-0.39, 0.29) is 5.92 Å². The largest absolute Gasteiger partial charge is 0.334 e. The van der Waals surface area contributed by atoms with Crippen molar-refractivity contribution in [3.8, 4) is 0 Å². The van der Waals surface area contributed by atoms with Gasteiger partial charge in [-0.2, -0.15) is 0 Å². The molecule has 1 aromatic rings. The molecule has 2 heterocycles. The van der Waals surface area contributed by atoms with E-state index in [1.54, 1.807) is 0 Å². The van der Waals surface area contributed by atoms with E-state index >= 15 is 0 Å². The molecule has 3 unspecified atom stereocenters. The summed E-state index contributed by atoms with van der Waals surface area (Å²) >= 11 is 0. The zero-order valence-corrected chi connectivity index (χ0v) is 13.2. The predicted molar refractivity (Wildman–Crippen MR) is 79.3 cm³/mol. The van der Waals surface area contributed by atoms with E-state index in [0.29, 0.717) is 23.3 Å². The maximum atomic E-state index is 11.7. The molecule has 3 rings (SSSR count). The van der Waals surface area contributed by atoms with Crippen LogP contribution in [0.5, 0.6) is 0 Å². The highest BCUT2D eigenvalue weighted by Crippen LogP contribution is 2.30. The summed E-state index contributed by atoms with van der Waals surface area (Å²) in [4.78, 5) is 4.56. The molecule has 0 aromatic carbocycles. The Hall–Kier alpha value is -0.840. The maximum Gasteiger partial charge on any atom is 0.150 e. The number of sulfone groups is 1. The van der Waals surface area contributed by atoms with Crippen LogP contribution in [0.3, 0.4) is 0 Å². The molecule has 0 saturated carbocycles. The molecule has 0 spiro atoms. The normalized spacial score (nSPS) is 32.8. The van der Waals surface area contributed by atoms with Gasteiger partial charge in [0.1, 0.15) is 0 Å². The van der Waals surface area contributed by atoms with Crippen LogP contribution in [0.1, 0.15) is 38.1 Å². The number of rotatable bonds is 2. The van der Waals surface area contributed by atoms with Gasteiger partial charge < -0.3 is 4.57 Å². The molecule has 1 saturated heterocycles. The fourth-order valence-corrected chi connectivity index (χ4v) is 5.33. The summed E-state index contributed by atoms with van der Waals surface area (Å²) in [5.74, 6) is 2.38. The molecule has 3 atom stereocenters. The van der Waals surface area contributed by atoms with Gasteiger partial charge in [-0.3, -0.25) is 0 Å². The second-order valence-corrected chi connectivity index (χ2v) is 9.00. The molecule has 5 heteroatoms. The molecule has 2 aliphatic rings. The van der Waals surface area contributed by atoms with Gasteiger partial charge in [0.15, 0.2) is 9.84 Å². The highest BCUT2D eigenvalue weighted by molar-refractivity contribution is 7.91. The smallest absolute Gasteiger partial charge is 0.150 e. The van der Waals surface area contributed by atoms with Gasteiger partial charge in [0.2, 0.25) is 0 Å². The molecule has 1 aromatic heterocycles. The third-order valence-corrected chi connectivity index (χ3v) is 6.94. The second kappa shape index (κ2) is 5.17. The Labute approximate surface area is 121 Å². The van der Waals surface area contributed by atoms with E-state index in [1.165, 1.54) is 11.4 Å². The lowest BCUT2D eigenvalue weighted by molar-refractivity contribution is 0.341. The average molecular weight is 296 g/mol. The highest BCUT2D eigenvalue weighted by atomic mass is 32.2. The lowest BCUT2D eigenvalue weighted by Crippen LogP contribution is -2.29. The number of nitrogens with zero attached hydrogens (tertiary/aromatic N) is 2. The van der Waals surface area contributed by atoms with Gasteiger partial charge in [0.05, 0.1) is 23.5 Å². The molecule has 1 fully saturated rings. The number of fused-ring (bicyclic) bond motifs is 1. The van der Waals surface area contributed by atoms with Crippen LogP contribution in [0.25, 0.3) is 0 Å². The van der Waals surface area contributed by atoms with Gasteiger partial charge in [0, 0.05) is 12.2 Å². The minimum Gasteiger partial charge on any atom is -0.334 e. The fraction of sp³-hybridized carbons (Fsp3) is 0.800. The first-order valence-electron chi connectivity index (χ1n) is 7.68. The Bertz CT molecular complexity index is 591. The quantitative estimate of drug-likeness (QED) is 0.839. The van der Waals surface area contributed by atoms with E-state index in [1.807, 2.05) is 6.33 Å². The van der Waals surface area contributed by atoms with E-state index < -0.39 is 9.84 Å². The first kappa shape index (κ1) is 14.1. The topological polar surface area (TPSA) is 52.0 Å². The van der Waals surface area contributed by atoms with Crippen LogP contribution in [0.15, 0.2) is 6.33 Å². The second-order valence-electron chi connectivity index (χ2n) is 6.78. The Morgan fingerprint density at radius 2 is 2.05 bits per heavy atom. The molecule has 1 aliphatic heterocycles. The average Bonchev–Trinajstić information content (AvgIpc) is 2.71. The van der Waals surface area contributed by atoms with Crippen molar-refractivity contribution in [2.24, 2.45) is 17.8 Å². The molecule has 0 N–H and O–H groups in total. The number of hydrogen-bond donors (Lipinski definition) is 0. The molecule has 0 bridgehead atoms. The molecule has 20 heavy (non-hydrogen) atoms. The SMILES string of the molecule is CC1Cc2ncn(CC3CCCS(=O)(=O)C3)c2CC1C. The Kier molecular flexibility index (Phi) is 3.65. The van der Waals surface area contributed by atoms with Gasteiger partial charge in [-0.1, -0.05) is 13.8 Å². The third kappa shape index (κ3) is 2.78. The predicted octanol–water partition coefficient (Wildman–Crippen LogP) is 2.08. The summed E-state index contributed by atoms with van der Waals surface area (Å²) in [5, 5.41) is 0. The van der Waals surface area contributed by atoms with Gasteiger partial charge in [-0.25, -0.2) is 13.4 Å². The zero-order valence-electron chi connectivity index (χ0n) is 12.4. The Morgan fingerprint density at radius 1 is 1.30 bits per heavy atom. The molecule has 112 valence electrons.